The lowest BCUT2D eigenvalue weighted by Crippen LogP contribution is -2.28. The van der Waals surface area contributed by atoms with Crippen LogP contribution in [0.5, 0.6) is 0 Å². The number of carbonyl (C=O) groups is 1. The normalized spacial score (nSPS) is 20.6. The Bertz CT molecular complexity index is 566. The number of carbonyl (C=O) groups excluding carboxylic acids is 1. The number of ketones is 1. The Morgan fingerprint density at radius 3 is 2.42 bits per heavy atom. The van der Waals surface area contributed by atoms with Crippen LogP contribution >= 0.6 is 11.8 Å². The summed E-state index contributed by atoms with van der Waals surface area (Å²) >= 11 is 1.63. The van der Waals surface area contributed by atoms with E-state index < -0.39 is 10.0 Å². The van der Waals surface area contributed by atoms with Crippen molar-refractivity contribution in [2.24, 2.45) is 5.92 Å². The Balaban J connectivity index is 2.08. The molecule has 1 unspecified atom stereocenters. The van der Waals surface area contributed by atoms with E-state index in [0.29, 0.717) is 25.1 Å². The first-order valence-electron chi connectivity index (χ1n) is 6.05. The molecule has 1 aliphatic rings. The highest BCUT2D eigenvalue weighted by Crippen LogP contribution is 2.24. The minimum Gasteiger partial charge on any atom is -0.294 e. The summed E-state index contributed by atoms with van der Waals surface area (Å²) < 4.78 is 24.2. The van der Waals surface area contributed by atoms with Crippen LogP contribution in [0.25, 0.3) is 0 Å². The number of rotatable bonds is 4. The third-order valence-electron chi connectivity index (χ3n) is 3.37. The standard InChI is InChI=1S/C13H17NO3S2/c1-18-12-5-3-10(4-6-12)13(15)11-7-8-14(9-11)19(2,16)17/h3-6,11H,7-9H2,1-2H3. The van der Waals surface area contributed by atoms with Crippen molar-refractivity contribution in [3.8, 4) is 0 Å². The molecule has 0 bridgehead atoms. The van der Waals surface area contributed by atoms with Gasteiger partial charge in [0.05, 0.1) is 6.26 Å². The van der Waals surface area contributed by atoms with E-state index in [-0.39, 0.29) is 11.7 Å². The quantitative estimate of drug-likeness (QED) is 0.629. The lowest BCUT2D eigenvalue weighted by molar-refractivity contribution is 0.0927. The first-order chi connectivity index (χ1) is 8.91. The van der Waals surface area contributed by atoms with E-state index in [1.165, 1.54) is 10.6 Å². The maximum Gasteiger partial charge on any atom is 0.211 e. The number of hydrogen-bond donors (Lipinski definition) is 0. The molecular weight excluding hydrogens is 282 g/mol. The molecule has 6 heteroatoms. The topological polar surface area (TPSA) is 54.5 Å². The van der Waals surface area contributed by atoms with E-state index in [9.17, 15) is 13.2 Å². The van der Waals surface area contributed by atoms with E-state index in [4.69, 9.17) is 0 Å². The number of Topliss-reactive ketones (excluding diaryl/α,β-unsaturated/α-hetero) is 1. The van der Waals surface area contributed by atoms with Gasteiger partial charge in [0.1, 0.15) is 0 Å². The third kappa shape index (κ3) is 3.38. The highest BCUT2D eigenvalue weighted by Gasteiger charge is 2.33. The summed E-state index contributed by atoms with van der Waals surface area (Å²) in [5, 5.41) is 0. The maximum atomic E-state index is 12.3. The summed E-state index contributed by atoms with van der Waals surface area (Å²) in [6, 6.07) is 7.47. The van der Waals surface area contributed by atoms with Crippen LogP contribution in [-0.4, -0.2) is 44.1 Å². The molecule has 0 aliphatic carbocycles. The van der Waals surface area contributed by atoms with Gasteiger partial charge in [-0.2, -0.15) is 0 Å². The Kier molecular flexibility index (Phi) is 4.32. The smallest absolute Gasteiger partial charge is 0.211 e. The Hall–Kier alpha value is -0.850. The second-order valence-corrected chi connectivity index (χ2v) is 7.56. The molecule has 4 nitrogen and oxygen atoms in total. The molecule has 0 aromatic heterocycles. The fraction of sp³-hybridized carbons (Fsp3) is 0.462. The predicted molar refractivity (Wildman–Crippen MR) is 77.1 cm³/mol. The largest absolute Gasteiger partial charge is 0.294 e. The molecule has 0 saturated carbocycles. The van der Waals surface area contributed by atoms with Gasteiger partial charge in [0.15, 0.2) is 5.78 Å². The van der Waals surface area contributed by atoms with Gasteiger partial charge in [-0.25, -0.2) is 12.7 Å². The van der Waals surface area contributed by atoms with Crippen LogP contribution in [0.15, 0.2) is 29.2 Å². The molecule has 0 radical (unpaired) electrons. The van der Waals surface area contributed by atoms with Crippen LogP contribution in [-0.2, 0) is 10.0 Å². The summed E-state index contributed by atoms with van der Waals surface area (Å²) in [6.45, 7) is 0.750. The third-order valence-corrected chi connectivity index (χ3v) is 5.38. The van der Waals surface area contributed by atoms with Crippen molar-refractivity contribution in [3.63, 3.8) is 0 Å². The summed E-state index contributed by atoms with van der Waals surface area (Å²) in [4.78, 5) is 13.4. The molecule has 1 fully saturated rings. The molecule has 1 saturated heterocycles. The first-order valence-corrected chi connectivity index (χ1v) is 9.12. The van der Waals surface area contributed by atoms with Crippen molar-refractivity contribution in [1.82, 2.24) is 4.31 Å². The first kappa shape index (κ1) is 14.6. The number of thioether (sulfide) groups is 1. The molecular formula is C13H17NO3S2. The summed E-state index contributed by atoms with van der Waals surface area (Å²) in [5.74, 6) is -0.173. The second kappa shape index (κ2) is 5.64. The summed E-state index contributed by atoms with van der Waals surface area (Å²) in [6.07, 6.45) is 3.78. The predicted octanol–water partition coefficient (Wildman–Crippen LogP) is 1.87. The Morgan fingerprint density at radius 1 is 1.32 bits per heavy atom. The van der Waals surface area contributed by atoms with E-state index in [1.54, 1.807) is 11.8 Å². The van der Waals surface area contributed by atoms with Gasteiger partial charge in [-0.05, 0) is 24.8 Å². The molecule has 104 valence electrons. The zero-order chi connectivity index (χ0) is 14.0. The minimum absolute atomic E-state index is 0.0406. The maximum absolute atomic E-state index is 12.3. The van der Waals surface area contributed by atoms with Crippen molar-refractivity contribution in [2.75, 3.05) is 25.6 Å². The lowest BCUT2D eigenvalue weighted by atomic mass is 9.97. The van der Waals surface area contributed by atoms with Crippen LogP contribution in [0.4, 0.5) is 0 Å². The van der Waals surface area contributed by atoms with Crippen LogP contribution in [0.1, 0.15) is 16.8 Å². The summed E-state index contributed by atoms with van der Waals surface area (Å²) in [7, 11) is -3.18. The minimum atomic E-state index is -3.18. The Labute approximate surface area is 118 Å². The van der Waals surface area contributed by atoms with Crippen LogP contribution in [0, 0.1) is 5.92 Å². The average Bonchev–Trinajstić information content (AvgIpc) is 2.87. The van der Waals surface area contributed by atoms with Crippen molar-refractivity contribution in [2.45, 2.75) is 11.3 Å². The van der Waals surface area contributed by atoms with Gasteiger partial charge < -0.3 is 0 Å². The second-order valence-electron chi connectivity index (χ2n) is 4.70. The fourth-order valence-corrected chi connectivity index (χ4v) is 3.53. The molecule has 1 atom stereocenters. The van der Waals surface area contributed by atoms with Gasteiger partial charge in [0.25, 0.3) is 0 Å². The van der Waals surface area contributed by atoms with Crippen molar-refractivity contribution in [1.29, 1.82) is 0 Å². The molecule has 2 rings (SSSR count). The zero-order valence-corrected chi connectivity index (χ0v) is 12.6. The number of nitrogens with zero attached hydrogens (tertiary/aromatic N) is 1. The monoisotopic (exact) mass is 299 g/mol. The van der Waals surface area contributed by atoms with Gasteiger partial charge in [-0.15, -0.1) is 11.8 Å². The molecule has 1 aliphatic heterocycles. The molecule has 1 heterocycles. The van der Waals surface area contributed by atoms with E-state index in [0.717, 1.165) is 4.90 Å². The van der Waals surface area contributed by atoms with Crippen LogP contribution < -0.4 is 0 Å². The highest BCUT2D eigenvalue weighted by atomic mass is 32.2. The van der Waals surface area contributed by atoms with Crippen LogP contribution in [0.2, 0.25) is 0 Å². The van der Waals surface area contributed by atoms with Crippen molar-refractivity contribution in [3.05, 3.63) is 29.8 Å². The molecule has 1 aromatic rings. The number of hydrogen-bond acceptors (Lipinski definition) is 4. The highest BCUT2D eigenvalue weighted by molar-refractivity contribution is 7.98. The zero-order valence-electron chi connectivity index (χ0n) is 11.0. The van der Waals surface area contributed by atoms with E-state index in [1.807, 2.05) is 30.5 Å². The lowest BCUT2D eigenvalue weighted by Gasteiger charge is -2.12. The van der Waals surface area contributed by atoms with Crippen LogP contribution in [0.3, 0.4) is 0 Å². The van der Waals surface area contributed by atoms with Gasteiger partial charge >= 0.3 is 0 Å². The average molecular weight is 299 g/mol. The fourth-order valence-electron chi connectivity index (χ4n) is 2.23. The van der Waals surface area contributed by atoms with Crippen molar-refractivity contribution >= 4 is 27.6 Å². The molecule has 0 spiro atoms. The van der Waals surface area contributed by atoms with E-state index >= 15 is 0 Å². The molecule has 0 amide bonds. The molecule has 0 N–H and O–H groups in total. The SMILES string of the molecule is CSc1ccc(C(=O)C2CCN(S(C)(=O)=O)C2)cc1. The number of sulfonamides is 1. The molecule has 19 heavy (non-hydrogen) atoms. The van der Waals surface area contributed by atoms with Gasteiger partial charge in [0, 0.05) is 29.5 Å². The van der Waals surface area contributed by atoms with Crippen molar-refractivity contribution < 1.29 is 13.2 Å². The summed E-state index contributed by atoms with van der Waals surface area (Å²) in [5.41, 5.74) is 0.665. The van der Waals surface area contributed by atoms with E-state index in [2.05, 4.69) is 0 Å². The number of benzene rings is 1. The Morgan fingerprint density at radius 2 is 1.95 bits per heavy atom. The molecule has 1 aromatic carbocycles. The van der Waals surface area contributed by atoms with Gasteiger partial charge in [0.2, 0.25) is 10.0 Å². The van der Waals surface area contributed by atoms with Gasteiger partial charge in [-0.3, -0.25) is 4.79 Å². The van der Waals surface area contributed by atoms with Gasteiger partial charge in [-0.1, -0.05) is 12.1 Å².